The number of allylic oxidation sites excluding steroid dienone is 1. The van der Waals surface area contributed by atoms with Crippen molar-refractivity contribution in [3.05, 3.63) is 12.3 Å². The van der Waals surface area contributed by atoms with Gasteiger partial charge in [0.15, 0.2) is 0 Å². The summed E-state index contributed by atoms with van der Waals surface area (Å²) in [6.07, 6.45) is 3.66. The molecule has 0 saturated carbocycles. The Kier molecular flexibility index (Phi) is 8.62. The summed E-state index contributed by atoms with van der Waals surface area (Å²) in [6, 6.07) is -0.364. The molecule has 0 aromatic carbocycles. The standard InChI is InChI=1S/C12H25N3O/c1-4-8-15-12(16)11(13)7-5-6-9-14-10(2)3/h11,14H,2,4-9,13H2,1,3H3,(H,15,16)/t11-/m0/s1. The Balaban J connectivity index is 3.45. The van der Waals surface area contributed by atoms with Gasteiger partial charge in [0.2, 0.25) is 5.91 Å². The first-order valence-corrected chi connectivity index (χ1v) is 6.00. The maximum absolute atomic E-state index is 11.4. The first-order valence-electron chi connectivity index (χ1n) is 6.00. The third-order valence-electron chi connectivity index (χ3n) is 2.25. The van der Waals surface area contributed by atoms with E-state index < -0.39 is 0 Å². The molecular weight excluding hydrogens is 202 g/mol. The number of carbonyl (C=O) groups is 1. The molecular formula is C12H25N3O. The van der Waals surface area contributed by atoms with E-state index in [4.69, 9.17) is 5.73 Å². The number of carbonyl (C=O) groups excluding carboxylic acids is 1. The van der Waals surface area contributed by atoms with Crippen LogP contribution in [0.3, 0.4) is 0 Å². The zero-order chi connectivity index (χ0) is 12.4. The van der Waals surface area contributed by atoms with Crippen LogP contribution in [0.5, 0.6) is 0 Å². The molecule has 0 unspecified atom stereocenters. The van der Waals surface area contributed by atoms with Gasteiger partial charge in [0.05, 0.1) is 6.04 Å². The van der Waals surface area contributed by atoms with Gasteiger partial charge in [-0.25, -0.2) is 0 Å². The molecule has 0 aliphatic heterocycles. The van der Waals surface area contributed by atoms with Gasteiger partial charge in [-0.05, 0) is 32.6 Å². The SMILES string of the molecule is C=C(C)NCCCC[C@H](N)C(=O)NCCC. The van der Waals surface area contributed by atoms with E-state index in [2.05, 4.69) is 17.2 Å². The molecule has 0 spiro atoms. The molecule has 16 heavy (non-hydrogen) atoms. The smallest absolute Gasteiger partial charge is 0.236 e. The molecule has 4 nitrogen and oxygen atoms in total. The van der Waals surface area contributed by atoms with Gasteiger partial charge in [-0.2, -0.15) is 0 Å². The quantitative estimate of drug-likeness (QED) is 0.517. The summed E-state index contributed by atoms with van der Waals surface area (Å²) in [5, 5.41) is 5.94. The van der Waals surface area contributed by atoms with Crippen LogP contribution in [0.25, 0.3) is 0 Å². The molecule has 1 amide bonds. The van der Waals surface area contributed by atoms with E-state index >= 15 is 0 Å². The lowest BCUT2D eigenvalue weighted by atomic mass is 10.1. The Bertz CT molecular complexity index is 216. The number of nitrogens with one attached hydrogen (secondary N) is 2. The summed E-state index contributed by atoms with van der Waals surface area (Å²) in [7, 11) is 0. The fourth-order valence-corrected chi connectivity index (χ4v) is 1.30. The predicted octanol–water partition coefficient (Wildman–Crippen LogP) is 1.13. The van der Waals surface area contributed by atoms with Gasteiger partial charge in [-0.1, -0.05) is 13.5 Å². The van der Waals surface area contributed by atoms with Crippen LogP contribution in [0.1, 0.15) is 39.5 Å². The Morgan fingerprint density at radius 3 is 2.56 bits per heavy atom. The molecule has 1 atom stereocenters. The molecule has 0 bridgehead atoms. The molecule has 4 N–H and O–H groups in total. The van der Waals surface area contributed by atoms with Crippen molar-refractivity contribution in [2.24, 2.45) is 5.73 Å². The third-order valence-corrected chi connectivity index (χ3v) is 2.25. The molecule has 4 heteroatoms. The Morgan fingerprint density at radius 1 is 1.31 bits per heavy atom. The second-order valence-electron chi connectivity index (χ2n) is 4.10. The Hall–Kier alpha value is -1.03. The van der Waals surface area contributed by atoms with E-state index in [1.165, 1.54) is 0 Å². The van der Waals surface area contributed by atoms with Crippen molar-refractivity contribution in [1.82, 2.24) is 10.6 Å². The van der Waals surface area contributed by atoms with Crippen molar-refractivity contribution in [2.45, 2.75) is 45.6 Å². The molecule has 0 fully saturated rings. The van der Waals surface area contributed by atoms with Crippen molar-refractivity contribution < 1.29 is 4.79 Å². The highest BCUT2D eigenvalue weighted by Crippen LogP contribution is 1.99. The zero-order valence-corrected chi connectivity index (χ0v) is 10.5. The maximum Gasteiger partial charge on any atom is 0.236 e. The number of nitrogens with two attached hydrogens (primary N) is 1. The highest BCUT2D eigenvalue weighted by Gasteiger charge is 2.11. The van der Waals surface area contributed by atoms with Crippen molar-refractivity contribution in [3.8, 4) is 0 Å². The molecule has 0 heterocycles. The number of amides is 1. The van der Waals surface area contributed by atoms with Crippen molar-refractivity contribution in [3.63, 3.8) is 0 Å². The summed E-state index contributed by atoms with van der Waals surface area (Å²) < 4.78 is 0. The zero-order valence-electron chi connectivity index (χ0n) is 10.5. The number of unbranched alkanes of at least 4 members (excludes halogenated alkanes) is 1. The Morgan fingerprint density at radius 2 is 2.00 bits per heavy atom. The van der Waals surface area contributed by atoms with Crippen LogP contribution in [0.15, 0.2) is 12.3 Å². The molecule has 94 valence electrons. The van der Waals surface area contributed by atoms with Crippen LogP contribution in [0.4, 0.5) is 0 Å². The van der Waals surface area contributed by atoms with Crippen molar-refractivity contribution in [2.75, 3.05) is 13.1 Å². The maximum atomic E-state index is 11.4. The second-order valence-corrected chi connectivity index (χ2v) is 4.10. The summed E-state index contributed by atoms with van der Waals surface area (Å²) in [6.45, 7) is 9.32. The topological polar surface area (TPSA) is 67.1 Å². The molecule has 0 aliphatic carbocycles. The number of hydrogen-bond donors (Lipinski definition) is 3. The average Bonchev–Trinajstić information content (AvgIpc) is 2.24. The normalized spacial score (nSPS) is 11.9. The number of hydrogen-bond acceptors (Lipinski definition) is 3. The highest BCUT2D eigenvalue weighted by atomic mass is 16.2. The van der Waals surface area contributed by atoms with E-state index in [-0.39, 0.29) is 11.9 Å². The van der Waals surface area contributed by atoms with E-state index in [0.29, 0.717) is 6.54 Å². The fraction of sp³-hybridized carbons (Fsp3) is 0.750. The van der Waals surface area contributed by atoms with Gasteiger partial charge in [0, 0.05) is 18.8 Å². The van der Waals surface area contributed by atoms with E-state index in [9.17, 15) is 4.79 Å². The first-order chi connectivity index (χ1) is 7.57. The first kappa shape index (κ1) is 15.0. The molecule has 0 aromatic rings. The minimum Gasteiger partial charge on any atom is -0.389 e. The lowest BCUT2D eigenvalue weighted by Crippen LogP contribution is -2.40. The van der Waals surface area contributed by atoms with Crippen molar-refractivity contribution >= 4 is 5.91 Å². The van der Waals surface area contributed by atoms with Crippen LogP contribution < -0.4 is 16.4 Å². The van der Waals surface area contributed by atoms with Gasteiger partial charge < -0.3 is 16.4 Å². The molecule has 0 saturated heterocycles. The van der Waals surface area contributed by atoms with Gasteiger partial charge in [-0.15, -0.1) is 0 Å². The predicted molar refractivity (Wildman–Crippen MR) is 67.9 cm³/mol. The van der Waals surface area contributed by atoms with Gasteiger partial charge in [-0.3, -0.25) is 4.79 Å². The van der Waals surface area contributed by atoms with E-state index in [0.717, 1.165) is 37.9 Å². The minimum atomic E-state index is -0.364. The Labute approximate surface area is 98.7 Å². The summed E-state index contributed by atoms with van der Waals surface area (Å²) in [5.41, 5.74) is 6.73. The summed E-state index contributed by atoms with van der Waals surface area (Å²) >= 11 is 0. The van der Waals surface area contributed by atoms with Gasteiger partial charge in [0.1, 0.15) is 0 Å². The minimum absolute atomic E-state index is 0.0327. The lowest BCUT2D eigenvalue weighted by Gasteiger charge is -2.11. The lowest BCUT2D eigenvalue weighted by molar-refractivity contribution is -0.122. The molecule has 0 rings (SSSR count). The van der Waals surface area contributed by atoms with E-state index in [1.54, 1.807) is 0 Å². The van der Waals surface area contributed by atoms with Crippen LogP contribution in [0, 0.1) is 0 Å². The highest BCUT2D eigenvalue weighted by molar-refractivity contribution is 5.81. The summed E-state index contributed by atoms with van der Waals surface area (Å²) in [4.78, 5) is 11.4. The van der Waals surface area contributed by atoms with E-state index in [1.807, 2.05) is 13.8 Å². The average molecular weight is 227 g/mol. The summed E-state index contributed by atoms with van der Waals surface area (Å²) in [5.74, 6) is -0.0327. The second kappa shape index (κ2) is 9.21. The van der Waals surface area contributed by atoms with Crippen molar-refractivity contribution in [1.29, 1.82) is 0 Å². The fourth-order valence-electron chi connectivity index (χ4n) is 1.30. The van der Waals surface area contributed by atoms with Gasteiger partial charge >= 0.3 is 0 Å². The van der Waals surface area contributed by atoms with Crippen LogP contribution in [-0.4, -0.2) is 25.0 Å². The van der Waals surface area contributed by atoms with Crippen LogP contribution in [0.2, 0.25) is 0 Å². The molecule has 0 aromatic heterocycles. The monoisotopic (exact) mass is 227 g/mol. The largest absolute Gasteiger partial charge is 0.389 e. The molecule has 0 radical (unpaired) electrons. The number of rotatable bonds is 9. The third kappa shape index (κ3) is 8.29. The van der Waals surface area contributed by atoms with Gasteiger partial charge in [0.25, 0.3) is 0 Å². The van der Waals surface area contributed by atoms with Crippen LogP contribution in [-0.2, 0) is 4.79 Å². The van der Waals surface area contributed by atoms with Crippen LogP contribution >= 0.6 is 0 Å². The molecule has 0 aliphatic rings.